The van der Waals surface area contributed by atoms with Crippen molar-refractivity contribution in [1.82, 2.24) is 5.16 Å². The molecule has 4 nitrogen and oxygen atoms in total. The normalized spacial score (nSPS) is 11.7. The first-order valence-electron chi connectivity index (χ1n) is 5.10. The van der Waals surface area contributed by atoms with Crippen LogP contribution in [0.1, 0.15) is 55.9 Å². The van der Waals surface area contributed by atoms with E-state index < -0.39 is 5.97 Å². The molecule has 0 saturated carbocycles. The van der Waals surface area contributed by atoms with Crippen molar-refractivity contribution in [2.45, 2.75) is 46.0 Å². The largest absolute Gasteiger partial charge is 0.477 e. The maximum atomic E-state index is 11.1. The molecule has 0 radical (unpaired) electrons. The van der Waals surface area contributed by atoms with E-state index >= 15 is 0 Å². The molecule has 0 aliphatic heterocycles. The van der Waals surface area contributed by atoms with Crippen molar-refractivity contribution in [2.24, 2.45) is 0 Å². The van der Waals surface area contributed by atoms with Gasteiger partial charge in [0.15, 0.2) is 5.76 Å². The summed E-state index contributed by atoms with van der Waals surface area (Å²) in [5.74, 6) is -0.497. The Morgan fingerprint density at radius 1 is 1.47 bits per heavy atom. The van der Waals surface area contributed by atoms with Crippen LogP contribution in [0.4, 0.5) is 0 Å². The highest BCUT2D eigenvalue weighted by Gasteiger charge is 2.30. The maximum Gasteiger partial charge on any atom is 0.341 e. The molecule has 0 bridgehead atoms. The fourth-order valence-corrected chi connectivity index (χ4v) is 1.46. The van der Waals surface area contributed by atoms with Gasteiger partial charge in [-0.2, -0.15) is 0 Å². The van der Waals surface area contributed by atoms with Gasteiger partial charge < -0.3 is 9.63 Å². The molecule has 0 atom stereocenters. The second-order valence-electron chi connectivity index (χ2n) is 4.64. The Morgan fingerprint density at radius 2 is 2.07 bits per heavy atom. The summed E-state index contributed by atoms with van der Waals surface area (Å²) in [6.45, 7) is 7.72. The van der Waals surface area contributed by atoms with Crippen molar-refractivity contribution in [3.63, 3.8) is 0 Å². The molecular weight excluding hydrogens is 194 g/mol. The molecule has 0 unspecified atom stereocenters. The van der Waals surface area contributed by atoms with Crippen LogP contribution in [-0.4, -0.2) is 16.2 Å². The summed E-state index contributed by atoms with van der Waals surface area (Å²) in [4.78, 5) is 11.1. The number of carbonyl (C=O) groups is 1. The van der Waals surface area contributed by atoms with E-state index in [1.54, 1.807) is 0 Å². The van der Waals surface area contributed by atoms with Crippen LogP contribution in [-0.2, 0) is 11.8 Å². The van der Waals surface area contributed by atoms with Crippen LogP contribution in [0.5, 0.6) is 0 Å². The lowest BCUT2D eigenvalue weighted by molar-refractivity contribution is 0.0691. The molecule has 84 valence electrons. The molecule has 1 aromatic rings. The number of aryl methyl sites for hydroxylation is 1. The van der Waals surface area contributed by atoms with Crippen molar-refractivity contribution in [3.05, 3.63) is 17.0 Å². The summed E-state index contributed by atoms with van der Waals surface area (Å²) in [7, 11) is 0. The molecule has 15 heavy (non-hydrogen) atoms. The Hall–Kier alpha value is -1.32. The average Bonchev–Trinajstić information content (AvgIpc) is 2.47. The number of aromatic nitrogens is 1. The first-order chi connectivity index (χ1) is 6.88. The van der Waals surface area contributed by atoms with Gasteiger partial charge in [0, 0.05) is 5.41 Å². The number of aromatic carboxylic acids is 1. The maximum absolute atomic E-state index is 11.1. The number of hydrogen-bond acceptors (Lipinski definition) is 3. The van der Waals surface area contributed by atoms with Crippen LogP contribution in [0, 0.1) is 0 Å². The molecule has 1 heterocycles. The Labute approximate surface area is 89.3 Å². The minimum absolute atomic E-state index is 0.240. The van der Waals surface area contributed by atoms with E-state index in [2.05, 4.69) is 5.16 Å². The third-order valence-corrected chi connectivity index (χ3v) is 2.14. The van der Waals surface area contributed by atoms with Gasteiger partial charge in [0.1, 0.15) is 5.56 Å². The minimum atomic E-state index is -0.954. The molecule has 4 heteroatoms. The summed E-state index contributed by atoms with van der Waals surface area (Å²) in [5.41, 5.74) is 0.464. The lowest BCUT2D eigenvalue weighted by Gasteiger charge is -2.14. The monoisotopic (exact) mass is 211 g/mol. The number of carboxylic acids is 1. The van der Waals surface area contributed by atoms with E-state index in [1.807, 2.05) is 27.7 Å². The predicted octanol–water partition coefficient (Wildman–Crippen LogP) is 2.62. The summed E-state index contributed by atoms with van der Waals surface area (Å²) < 4.78 is 5.14. The summed E-state index contributed by atoms with van der Waals surface area (Å²) in [6, 6.07) is 0. The second kappa shape index (κ2) is 4.04. The molecule has 0 aromatic carbocycles. The first kappa shape index (κ1) is 11.8. The third-order valence-electron chi connectivity index (χ3n) is 2.14. The standard InChI is InChI=1S/C11H17NO3/c1-5-6-7-8(10(13)14)9(15-12-7)11(2,3)4/h5-6H2,1-4H3,(H,13,14). The van der Waals surface area contributed by atoms with E-state index in [-0.39, 0.29) is 11.0 Å². The Balaban J connectivity index is 3.24. The second-order valence-corrected chi connectivity index (χ2v) is 4.64. The fourth-order valence-electron chi connectivity index (χ4n) is 1.46. The van der Waals surface area contributed by atoms with Crippen LogP contribution in [0.15, 0.2) is 4.52 Å². The Morgan fingerprint density at radius 3 is 2.47 bits per heavy atom. The zero-order valence-corrected chi connectivity index (χ0v) is 9.63. The molecule has 0 aliphatic carbocycles. The predicted molar refractivity (Wildman–Crippen MR) is 56.2 cm³/mol. The molecule has 0 fully saturated rings. The smallest absolute Gasteiger partial charge is 0.341 e. The molecule has 1 aromatic heterocycles. The van der Waals surface area contributed by atoms with Crippen LogP contribution in [0.25, 0.3) is 0 Å². The number of nitrogens with zero attached hydrogens (tertiary/aromatic N) is 1. The zero-order valence-electron chi connectivity index (χ0n) is 9.63. The molecule has 0 spiro atoms. The quantitative estimate of drug-likeness (QED) is 0.834. The van der Waals surface area contributed by atoms with Gasteiger partial charge in [-0.1, -0.05) is 39.3 Å². The van der Waals surface area contributed by atoms with Crippen molar-refractivity contribution in [1.29, 1.82) is 0 Å². The van der Waals surface area contributed by atoms with Gasteiger partial charge >= 0.3 is 5.97 Å². The van der Waals surface area contributed by atoms with Gasteiger partial charge in [-0.15, -0.1) is 0 Å². The van der Waals surface area contributed by atoms with Gasteiger partial charge in [0.25, 0.3) is 0 Å². The first-order valence-corrected chi connectivity index (χ1v) is 5.10. The highest BCUT2D eigenvalue weighted by Crippen LogP contribution is 2.28. The van der Waals surface area contributed by atoms with Crippen LogP contribution >= 0.6 is 0 Å². The average molecular weight is 211 g/mol. The molecule has 1 rings (SSSR count). The van der Waals surface area contributed by atoms with Crippen LogP contribution in [0.2, 0.25) is 0 Å². The minimum Gasteiger partial charge on any atom is -0.477 e. The van der Waals surface area contributed by atoms with Crippen LogP contribution < -0.4 is 0 Å². The van der Waals surface area contributed by atoms with E-state index in [4.69, 9.17) is 9.63 Å². The lowest BCUT2D eigenvalue weighted by Crippen LogP contribution is -2.15. The van der Waals surface area contributed by atoms with E-state index in [1.165, 1.54) is 0 Å². The Bertz CT molecular complexity index is 360. The summed E-state index contributed by atoms with van der Waals surface area (Å²) >= 11 is 0. The number of rotatable bonds is 3. The van der Waals surface area contributed by atoms with Gasteiger partial charge in [-0.3, -0.25) is 0 Å². The van der Waals surface area contributed by atoms with E-state index in [0.717, 1.165) is 6.42 Å². The number of carboxylic acid groups (broad SMARTS) is 1. The summed E-state index contributed by atoms with van der Waals surface area (Å²) in [6.07, 6.45) is 1.50. The van der Waals surface area contributed by atoms with Gasteiger partial charge in [0.2, 0.25) is 0 Å². The molecule has 0 aliphatic rings. The molecular formula is C11H17NO3. The number of hydrogen-bond donors (Lipinski definition) is 1. The molecule has 0 amide bonds. The fraction of sp³-hybridized carbons (Fsp3) is 0.636. The van der Waals surface area contributed by atoms with Gasteiger partial charge in [0.05, 0.1) is 5.69 Å². The third kappa shape index (κ3) is 2.37. The summed E-state index contributed by atoms with van der Waals surface area (Å²) in [5, 5.41) is 13.0. The van der Waals surface area contributed by atoms with Gasteiger partial charge in [-0.25, -0.2) is 4.79 Å². The van der Waals surface area contributed by atoms with E-state index in [0.29, 0.717) is 17.9 Å². The van der Waals surface area contributed by atoms with Crippen molar-refractivity contribution >= 4 is 5.97 Å². The SMILES string of the molecule is CCCc1noc(C(C)(C)C)c1C(=O)O. The lowest BCUT2D eigenvalue weighted by atomic mass is 9.89. The topological polar surface area (TPSA) is 63.3 Å². The van der Waals surface area contributed by atoms with Crippen molar-refractivity contribution < 1.29 is 14.4 Å². The molecule has 1 N–H and O–H groups in total. The van der Waals surface area contributed by atoms with Crippen LogP contribution in [0.3, 0.4) is 0 Å². The highest BCUT2D eigenvalue weighted by molar-refractivity contribution is 5.90. The van der Waals surface area contributed by atoms with Gasteiger partial charge in [-0.05, 0) is 6.42 Å². The molecule has 0 saturated heterocycles. The van der Waals surface area contributed by atoms with E-state index in [9.17, 15) is 4.79 Å². The Kier molecular flexibility index (Phi) is 3.17. The van der Waals surface area contributed by atoms with Crippen molar-refractivity contribution in [3.8, 4) is 0 Å². The zero-order chi connectivity index (χ0) is 11.6. The van der Waals surface area contributed by atoms with Crippen molar-refractivity contribution in [2.75, 3.05) is 0 Å². The highest BCUT2D eigenvalue weighted by atomic mass is 16.5.